The van der Waals surface area contributed by atoms with Crippen molar-refractivity contribution in [3.8, 4) is 5.88 Å². The Bertz CT molecular complexity index is 875. The number of methoxy groups -OCH3 is 1. The van der Waals surface area contributed by atoms with E-state index in [4.69, 9.17) is 11.6 Å². The van der Waals surface area contributed by atoms with Crippen LogP contribution in [0, 0.1) is 0 Å². The Morgan fingerprint density at radius 2 is 1.92 bits per heavy atom. The molecule has 1 aromatic carbocycles. The van der Waals surface area contributed by atoms with E-state index in [-0.39, 0.29) is 15.8 Å². The van der Waals surface area contributed by atoms with E-state index < -0.39 is 27.6 Å². The summed E-state index contributed by atoms with van der Waals surface area (Å²) in [6, 6.07) is 5.71. The zero-order chi connectivity index (χ0) is 18.1. The highest BCUT2D eigenvalue weighted by atomic mass is 79.9. The maximum absolute atomic E-state index is 13.1. The van der Waals surface area contributed by atoms with Crippen molar-refractivity contribution in [3.05, 3.63) is 45.5 Å². The lowest BCUT2D eigenvalue weighted by Crippen LogP contribution is -2.18. The van der Waals surface area contributed by atoms with Gasteiger partial charge in [-0.15, -0.1) is 0 Å². The number of nitrogens with zero attached hydrogens (tertiary/aromatic N) is 1. The largest absolute Gasteiger partial charge is 0.481 e. The van der Waals surface area contributed by atoms with E-state index in [1.165, 1.54) is 12.1 Å². The number of halogens is 5. The number of pyridine rings is 1. The zero-order valence-electron chi connectivity index (χ0n) is 11.9. The van der Waals surface area contributed by atoms with Crippen LogP contribution in [0.1, 0.15) is 5.69 Å². The second kappa shape index (κ2) is 6.77. The van der Waals surface area contributed by atoms with Crippen LogP contribution >= 0.6 is 27.5 Å². The molecule has 130 valence electrons. The number of nitrogens with one attached hydrogen (secondary N) is 1. The molecular weight excluding hydrogens is 437 g/mol. The van der Waals surface area contributed by atoms with E-state index in [0.29, 0.717) is 4.47 Å². The molecule has 0 saturated heterocycles. The Kier molecular flexibility index (Phi) is 5.31. The predicted molar refractivity (Wildman–Crippen MR) is 85.8 cm³/mol. The average molecular weight is 446 g/mol. The van der Waals surface area contributed by atoms with Crippen LogP contribution in [-0.2, 0) is 16.2 Å². The van der Waals surface area contributed by atoms with Crippen LogP contribution in [0.4, 0.5) is 18.9 Å². The molecule has 1 N–H and O–H groups in total. The molecule has 24 heavy (non-hydrogen) atoms. The minimum absolute atomic E-state index is 0.0989. The molecule has 5 nitrogen and oxygen atoms in total. The summed E-state index contributed by atoms with van der Waals surface area (Å²) in [5.41, 5.74) is -2.13. The number of hydrogen-bond donors (Lipinski definition) is 1. The molecule has 0 bridgehead atoms. The van der Waals surface area contributed by atoms with E-state index in [0.717, 1.165) is 25.3 Å². The van der Waals surface area contributed by atoms with Gasteiger partial charge in [-0.05, 0) is 40.2 Å². The highest BCUT2D eigenvalue weighted by Gasteiger charge is 2.37. The number of rotatable bonds is 4. The zero-order valence-corrected chi connectivity index (χ0v) is 15.0. The van der Waals surface area contributed by atoms with Crippen molar-refractivity contribution in [1.82, 2.24) is 4.98 Å². The lowest BCUT2D eigenvalue weighted by atomic mass is 10.3. The van der Waals surface area contributed by atoms with Gasteiger partial charge in [0.05, 0.1) is 22.7 Å². The number of hydrogen-bond acceptors (Lipinski definition) is 4. The van der Waals surface area contributed by atoms with Crippen molar-refractivity contribution >= 4 is 43.2 Å². The Hall–Kier alpha value is -1.52. The number of aromatic nitrogens is 1. The molecule has 0 spiro atoms. The van der Waals surface area contributed by atoms with Crippen LogP contribution in [-0.4, -0.2) is 20.5 Å². The predicted octanol–water partition coefficient (Wildman–Crippen LogP) is 4.33. The maximum Gasteiger partial charge on any atom is 0.435 e. The minimum atomic E-state index is -4.87. The molecule has 2 rings (SSSR count). The van der Waals surface area contributed by atoms with E-state index in [2.05, 4.69) is 25.7 Å². The van der Waals surface area contributed by atoms with Crippen LogP contribution < -0.4 is 9.46 Å². The van der Waals surface area contributed by atoms with E-state index in [9.17, 15) is 21.6 Å². The van der Waals surface area contributed by atoms with Gasteiger partial charge in [0.15, 0.2) is 5.69 Å². The van der Waals surface area contributed by atoms with Gasteiger partial charge in [-0.1, -0.05) is 11.6 Å². The van der Waals surface area contributed by atoms with Gasteiger partial charge >= 0.3 is 6.18 Å². The first-order chi connectivity index (χ1) is 11.0. The number of sulfonamides is 1. The third-order valence-corrected chi connectivity index (χ3v) is 5.39. The van der Waals surface area contributed by atoms with Crippen molar-refractivity contribution in [1.29, 1.82) is 0 Å². The molecular formula is C13H9BrClF3N2O3S. The molecule has 2 aromatic rings. The topological polar surface area (TPSA) is 68.3 Å². The molecule has 0 aliphatic rings. The fourth-order valence-electron chi connectivity index (χ4n) is 1.70. The maximum atomic E-state index is 13.1. The van der Waals surface area contributed by atoms with Crippen molar-refractivity contribution in [2.24, 2.45) is 0 Å². The molecule has 0 aliphatic carbocycles. The lowest BCUT2D eigenvalue weighted by Gasteiger charge is -2.15. The molecule has 0 radical (unpaired) electrons. The number of alkyl halides is 3. The summed E-state index contributed by atoms with van der Waals surface area (Å²) in [7, 11) is -3.14. The second-order valence-electron chi connectivity index (χ2n) is 4.43. The summed E-state index contributed by atoms with van der Waals surface area (Å²) >= 11 is 8.92. The quantitative estimate of drug-likeness (QED) is 0.761. The van der Waals surface area contributed by atoms with Crippen LogP contribution in [0.25, 0.3) is 0 Å². The normalized spacial score (nSPS) is 12.1. The Labute approximate surface area is 149 Å². The summed E-state index contributed by atoms with van der Waals surface area (Å²) in [6.45, 7) is 0. The van der Waals surface area contributed by atoms with Gasteiger partial charge in [0.25, 0.3) is 10.0 Å². The Morgan fingerprint density at radius 3 is 2.46 bits per heavy atom. The summed E-state index contributed by atoms with van der Waals surface area (Å²) in [5, 5.41) is 0.0989. The molecule has 0 saturated carbocycles. The van der Waals surface area contributed by atoms with Crippen LogP contribution in [0.15, 0.2) is 39.7 Å². The van der Waals surface area contributed by atoms with E-state index >= 15 is 0 Å². The standard InChI is InChI=1S/C13H9BrClF3N2O3S/c1-23-11-5-4-10(12(19-11)13(16,17)18)20-24(21,22)7-2-3-8(14)9(15)6-7/h2-6,20H,1H3. The first-order valence-electron chi connectivity index (χ1n) is 6.14. The van der Waals surface area contributed by atoms with Gasteiger partial charge in [-0.25, -0.2) is 13.4 Å². The monoisotopic (exact) mass is 444 g/mol. The number of anilines is 1. The third-order valence-electron chi connectivity index (χ3n) is 2.79. The molecule has 1 aromatic heterocycles. The highest BCUT2D eigenvalue weighted by molar-refractivity contribution is 9.10. The number of benzene rings is 1. The molecule has 0 atom stereocenters. The van der Waals surface area contributed by atoms with Gasteiger partial charge in [0.2, 0.25) is 5.88 Å². The summed E-state index contributed by atoms with van der Waals surface area (Å²) in [5.74, 6) is -0.294. The van der Waals surface area contributed by atoms with Crippen molar-refractivity contribution in [2.45, 2.75) is 11.1 Å². The first kappa shape index (κ1) is 18.8. The van der Waals surface area contributed by atoms with E-state index in [1.807, 2.05) is 4.72 Å². The molecule has 0 amide bonds. The van der Waals surface area contributed by atoms with Gasteiger partial charge < -0.3 is 4.74 Å². The van der Waals surface area contributed by atoms with Gasteiger partial charge in [0.1, 0.15) is 0 Å². The van der Waals surface area contributed by atoms with Crippen molar-refractivity contribution in [3.63, 3.8) is 0 Å². The lowest BCUT2D eigenvalue weighted by molar-refractivity contribution is -0.140. The summed E-state index contributed by atoms with van der Waals surface area (Å²) in [6.07, 6.45) is -4.87. The molecule has 0 unspecified atom stereocenters. The summed E-state index contributed by atoms with van der Waals surface area (Å²) < 4.78 is 70.8. The van der Waals surface area contributed by atoms with Gasteiger partial charge in [-0.2, -0.15) is 13.2 Å². The Morgan fingerprint density at radius 1 is 1.25 bits per heavy atom. The fraction of sp³-hybridized carbons (Fsp3) is 0.154. The fourth-order valence-corrected chi connectivity index (χ4v) is 3.29. The number of ether oxygens (including phenoxy) is 1. The van der Waals surface area contributed by atoms with Crippen LogP contribution in [0.2, 0.25) is 5.02 Å². The molecule has 0 aliphatic heterocycles. The SMILES string of the molecule is COc1ccc(NS(=O)(=O)c2ccc(Br)c(Cl)c2)c(C(F)(F)F)n1. The van der Waals surface area contributed by atoms with Crippen molar-refractivity contribution < 1.29 is 26.3 Å². The van der Waals surface area contributed by atoms with Gasteiger partial charge in [-0.3, -0.25) is 4.72 Å². The molecule has 11 heteroatoms. The third kappa shape index (κ3) is 4.11. The molecule has 0 fully saturated rings. The van der Waals surface area contributed by atoms with Crippen LogP contribution in [0.3, 0.4) is 0 Å². The molecule has 1 heterocycles. The van der Waals surface area contributed by atoms with Gasteiger partial charge in [0, 0.05) is 10.5 Å². The minimum Gasteiger partial charge on any atom is -0.481 e. The Balaban J connectivity index is 2.48. The van der Waals surface area contributed by atoms with Crippen molar-refractivity contribution in [2.75, 3.05) is 11.8 Å². The first-order valence-corrected chi connectivity index (χ1v) is 8.80. The average Bonchev–Trinajstić information content (AvgIpc) is 2.49. The highest BCUT2D eigenvalue weighted by Crippen LogP contribution is 2.36. The van der Waals surface area contributed by atoms with Crippen LogP contribution in [0.5, 0.6) is 5.88 Å². The smallest absolute Gasteiger partial charge is 0.435 e. The van der Waals surface area contributed by atoms with E-state index in [1.54, 1.807) is 0 Å². The second-order valence-corrected chi connectivity index (χ2v) is 7.37. The summed E-state index contributed by atoms with van der Waals surface area (Å²) in [4.78, 5) is 2.97.